The Morgan fingerprint density at radius 1 is 1.27 bits per heavy atom. The summed E-state index contributed by atoms with van der Waals surface area (Å²) in [5, 5.41) is 3.99. The molecule has 0 aliphatic heterocycles. The van der Waals surface area contributed by atoms with Crippen molar-refractivity contribution in [3.63, 3.8) is 0 Å². The molecule has 0 spiro atoms. The first-order chi connectivity index (χ1) is 5.24. The zero-order valence-corrected chi connectivity index (χ0v) is 7.28. The second-order valence-corrected chi connectivity index (χ2v) is 2.82. The highest BCUT2D eigenvalue weighted by Gasteiger charge is 1.96. The molecular formula is C7H8Cl2N2. The Bertz CT molecular complexity index is 250. The van der Waals surface area contributed by atoms with Gasteiger partial charge >= 0.3 is 0 Å². The van der Waals surface area contributed by atoms with Gasteiger partial charge in [-0.3, -0.25) is 0 Å². The molecular weight excluding hydrogens is 183 g/mol. The van der Waals surface area contributed by atoms with Crippen LogP contribution in [0.5, 0.6) is 0 Å². The number of anilines is 1. The summed E-state index contributed by atoms with van der Waals surface area (Å²) in [4.78, 5) is 0. The normalized spacial score (nSPS) is 9.73. The van der Waals surface area contributed by atoms with Crippen LogP contribution >= 0.6 is 23.2 Å². The molecule has 2 nitrogen and oxygen atoms in total. The van der Waals surface area contributed by atoms with E-state index in [-0.39, 0.29) is 0 Å². The highest BCUT2D eigenvalue weighted by Crippen LogP contribution is 2.24. The van der Waals surface area contributed by atoms with Crippen LogP contribution < -0.4 is 11.1 Å². The van der Waals surface area contributed by atoms with E-state index in [1.54, 1.807) is 12.1 Å². The molecule has 0 unspecified atom stereocenters. The first-order valence-electron chi connectivity index (χ1n) is 3.13. The Hall–Kier alpha value is -0.440. The minimum atomic E-state index is 0.387. The molecule has 0 amide bonds. The molecule has 0 radical (unpaired) electrons. The molecule has 1 rings (SSSR count). The molecule has 0 atom stereocenters. The van der Waals surface area contributed by atoms with Gasteiger partial charge in [0, 0.05) is 5.69 Å². The van der Waals surface area contributed by atoms with Gasteiger partial charge in [0.15, 0.2) is 0 Å². The van der Waals surface area contributed by atoms with Gasteiger partial charge in [-0.2, -0.15) is 0 Å². The number of hydrogen-bond acceptors (Lipinski definition) is 2. The van der Waals surface area contributed by atoms with Crippen LogP contribution in [0.4, 0.5) is 5.69 Å². The van der Waals surface area contributed by atoms with Gasteiger partial charge in [-0.15, -0.1) is 0 Å². The maximum atomic E-state index is 5.74. The van der Waals surface area contributed by atoms with E-state index >= 15 is 0 Å². The molecule has 0 heterocycles. The van der Waals surface area contributed by atoms with Crippen LogP contribution in [0, 0.1) is 0 Å². The van der Waals surface area contributed by atoms with E-state index in [0.29, 0.717) is 16.7 Å². The fourth-order valence-corrected chi connectivity index (χ4v) is 1.02. The number of halogens is 2. The Morgan fingerprint density at radius 2 is 2.00 bits per heavy atom. The molecule has 0 bridgehead atoms. The number of rotatable bonds is 2. The van der Waals surface area contributed by atoms with Crippen molar-refractivity contribution in [1.82, 2.24) is 0 Å². The molecule has 0 saturated heterocycles. The first-order valence-corrected chi connectivity index (χ1v) is 3.88. The van der Waals surface area contributed by atoms with Crippen molar-refractivity contribution in [2.75, 3.05) is 12.0 Å². The summed E-state index contributed by atoms with van der Waals surface area (Å²) in [6, 6.07) is 5.28. The molecule has 0 aliphatic rings. The number of nitrogens with two attached hydrogens (primary N) is 1. The zero-order chi connectivity index (χ0) is 8.27. The van der Waals surface area contributed by atoms with Crippen molar-refractivity contribution < 1.29 is 0 Å². The summed E-state index contributed by atoms with van der Waals surface area (Å²) in [6.45, 7) is 0.387. The lowest BCUT2D eigenvalue weighted by Crippen LogP contribution is -2.10. The predicted molar refractivity (Wildman–Crippen MR) is 49.1 cm³/mol. The van der Waals surface area contributed by atoms with E-state index in [1.165, 1.54) is 0 Å². The molecule has 60 valence electrons. The molecule has 0 fully saturated rings. The average molecular weight is 191 g/mol. The van der Waals surface area contributed by atoms with Crippen LogP contribution in [0.15, 0.2) is 18.2 Å². The third kappa shape index (κ3) is 2.26. The van der Waals surface area contributed by atoms with E-state index in [2.05, 4.69) is 5.32 Å². The molecule has 4 heteroatoms. The van der Waals surface area contributed by atoms with Gasteiger partial charge < -0.3 is 11.1 Å². The summed E-state index contributed by atoms with van der Waals surface area (Å²) >= 11 is 11.4. The van der Waals surface area contributed by atoms with Gasteiger partial charge in [0.2, 0.25) is 0 Å². The average Bonchev–Trinajstić information content (AvgIpc) is 1.98. The Balaban J connectivity index is 2.86. The van der Waals surface area contributed by atoms with Crippen molar-refractivity contribution in [3.8, 4) is 0 Å². The third-order valence-electron chi connectivity index (χ3n) is 1.23. The van der Waals surface area contributed by atoms with E-state index in [1.807, 2.05) is 6.07 Å². The lowest BCUT2D eigenvalue weighted by molar-refractivity contribution is 1.14. The maximum absolute atomic E-state index is 5.74. The van der Waals surface area contributed by atoms with E-state index in [4.69, 9.17) is 28.9 Å². The van der Waals surface area contributed by atoms with Gasteiger partial charge in [-0.25, -0.2) is 0 Å². The summed E-state index contributed by atoms with van der Waals surface area (Å²) < 4.78 is 0. The molecule has 1 aromatic rings. The highest BCUT2D eigenvalue weighted by atomic mass is 35.5. The number of hydrogen-bond donors (Lipinski definition) is 2. The monoisotopic (exact) mass is 190 g/mol. The molecule has 3 N–H and O–H groups in total. The van der Waals surface area contributed by atoms with Crippen molar-refractivity contribution >= 4 is 28.9 Å². The van der Waals surface area contributed by atoms with E-state index in [0.717, 1.165) is 5.69 Å². The van der Waals surface area contributed by atoms with E-state index in [9.17, 15) is 0 Å². The first kappa shape index (κ1) is 8.65. The summed E-state index contributed by atoms with van der Waals surface area (Å²) in [5.74, 6) is 0. The molecule has 0 saturated carbocycles. The molecule has 0 aliphatic carbocycles. The van der Waals surface area contributed by atoms with Crippen LogP contribution in [0.3, 0.4) is 0 Å². The second kappa shape index (κ2) is 3.81. The van der Waals surface area contributed by atoms with Crippen LogP contribution in [0.1, 0.15) is 0 Å². The summed E-state index contributed by atoms with van der Waals surface area (Å²) in [5.41, 5.74) is 6.14. The van der Waals surface area contributed by atoms with Gasteiger partial charge in [0.25, 0.3) is 0 Å². The Labute approximate surface area is 75.3 Å². The standard InChI is InChI=1S/C7H8Cl2N2/c8-6-2-1-5(11-4-10)3-7(6)9/h1-3,11H,4,10H2. The van der Waals surface area contributed by atoms with Gasteiger partial charge in [0.1, 0.15) is 0 Å². The second-order valence-electron chi connectivity index (χ2n) is 2.01. The quantitative estimate of drug-likeness (QED) is 0.704. The Kier molecular flexibility index (Phi) is 3.00. The lowest BCUT2D eigenvalue weighted by Gasteiger charge is -2.03. The SMILES string of the molecule is NCNc1ccc(Cl)c(Cl)c1. The Morgan fingerprint density at radius 3 is 2.55 bits per heavy atom. The third-order valence-corrected chi connectivity index (χ3v) is 1.96. The fraction of sp³-hybridized carbons (Fsp3) is 0.143. The molecule has 0 aromatic heterocycles. The van der Waals surface area contributed by atoms with Crippen molar-refractivity contribution in [3.05, 3.63) is 28.2 Å². The fourth-order valence-electron chi connectivity index (χ4n) is 0.724. The largest absolute Gasteiger partial charge is 0.373 e. The predicted octanol–water partition coefficient (Wildman–Crippen LogP) is 2.32. The maximum Gasteiger partial charge on any atom is 0.0628 e. The van der Waals surface area contributed by atoms with Crippen LogP contribution in [0.2, 0.25) is 10.0 Å². The van der Waals surface area contributed by atoms with E-state index < -0.39 is 0 Å². The topological polar surface area (TPSA) is 38.0 Å². The zero-order valence-electron chi connectivity index (χ0n) is 5.77. The highest BCUT2D eigenvalue weighted by molar-refractivity contribution is 6.42. The van der Waals surface area contributed by atoms with Gasteiger partial charge in [-0.05, 0) is 18.2 Å². The van der Waals surface area contributed by atoms with Crippen LogP contribution in [-0.2, 0) is 0 Å². The van der Waals surface area contributed by atoms with Crippen LogP contribution in [0.25, 0.3) is 0 Å². The van der Waals surface area contributed by atoms with Crippen molar-refractivity contribution in [2.24, 2.45) is 5.73 Å². The molecule has 11 heavy (non-hydrogen) atoms. The molecule has 1 aromatic carbocycles. The smallest absolute Gasteiger partial charge is 0.0628 e. The number of benzene rings is 1. The lowest BCUT2D eigenvalue weighted by atomic mass is 10.3. The number of nitrogens with one attached hydrogen (secondary N) is 1. The van der Waals surface area contributed by atoms with Gasteiger partial charge in [0.05, 0.1) is 16.7 Å². The van der Waals surface area contributed by atoms with Crippen LogP contribution in [-0.4, -0.2) is 6.67 Å². The van der Waals surface area contributed by atoms with Crippen molar-refractivity contribution in [1.29, 1.82) is 0 Å². The minimum Gasteiger partial charge on any atom is -0.373 e. The van der Waals surface area contributed by atoms with Gasteiger partial charge in [-0.1, -0.05) is 23.2 Å². The summed E-state index contributed by atoms with van der Waals surface area (Å²) in [6.07, 6.45) is 0. The summed E-state index contributed by atoms with van der Waals surface area (Å²) in [7, 11) is 0. The van der Waals surface area contributed by atoms with Crippen molar-refractivity contribution in [2.45, 2.75) is 0 Å². The minimum absolute atomic E-state index is 0.387.